The number of thiol groups is 1. The molecular weight excluding hydrogens is 220 g/mol. The number of hydrogen-bond donors (Lipinski definition) is 2. The van der Waals surface area contributed by atoms with Crippen molar-refractivity contribution in [3.8, 4) is 0 Å². The Morgan fingerprint density at radius 3 is 2.38 bits per heavy atom. The number of hydrogen-bond acceptors (Lipinski definition) is 4. The van der Waals surface area contributed by atoms with Crippen LogP contribution >= 0.6 is 12.6 Å². The van der Waals surface area contributed by atoms with E-state index in [0.29, 0.717) is 24.3 Å². The third kappa shape index (κ3) is 3.17. The van der Waals surface area contributed by atoms with E-state index >= 15 is 0 Å². The molecule has 1 unspecified atom stereocenters. The van der Waals surface area contributed by atoms with Crippen molar-refractivity contribution in [2.45, 2.75) is 39.5 Å². The molecule has 1 aliphatic heterocycles. The van der Waals surface area contributed by atoms with Gasteiger partial charge in [-0.3, -0.25) is 4.99 Å². The van der Waals surface area contributed by atoms with Gasteiger partial charge in [-0.2, -0.15) is 12.6 Å². The van der Waals surface area contributed by atoms with E-state index in [9.17, 15) is 0 Å². The maximum Gasteiger partial charge on any atom is 0.189 e. The van der Waals surface area contributed by atoms with Crippen molar-refractivity contribution < 1.29 is 4.74 Å². The summed E-state index contributed by atoms with van der Waals surface area (Å²) in [4.78, 5) is 4.67. The molecule has 1 rings (SSSR count). The summed E-state index contributed by atoms with van der Waals surface area (Å²) in [6.45, 7) is 9.15. The molecule has 3 nitrogen and oxygen atoms in total. The molecule has 0 saturated heterocycles. The van der Waals surface area contributed by atoms with Crippen LogP contribution in [0.5, 0.6) is 0 Å². The van der Waals surface area contributed by atoms with E-state index in [1.54, 1.807) is 0 Å². The Morgan fingerprint density at radius 2 is 2.00 bits per heavy atom. The van der Waals surface area contributed by atoms with Gasteiger partial charge in [0, 0.05) is 17.7 Å². The van der Waals surface area contributed by atoms with Crippen molar-refractivity contribution >= 4 is 18.3 Å². The van der Waals surface area contributed by atoms with E-state index < -0.39 is 0 Å². The van der Waals surface area contributed by atoms with Crippen LogP contribution in [0.1, 0.15) is 34.1 Å². The fourth-order valence-electron chi connectivity index (χ4n) is 1.59. The second kappa shape index (κ2) is 5.62. The summed E-state index contributed by atoms with van der Waals surface area (Å²) in [5.41, 5.74) is 7.93. The molecule has 92 valence electrons. The second-order valence-corrected chi connectivity index (χ2v) is 5.30. The fraction of sp³-hybridized carbons (Fsp3) is 0.750. The van der Waals surface area contributed by atoms with Gasteiger partial charge >= 0.3 is 0 Å². The highest BCUT2D eigenvalue weighted by Crippen LogP contribution is 2.23. The standard InChI is InChI=1S/C12H22N2OS/c1-7(2)10(14-12(16)8(3)4)9-5-6-15-11(9)13/h7-8,12,16H,5-6,13H2,1-4H3. The number of nitrogens with two attached hydrogens (primary N) is 1. The molecule has 0 amide bonds. The predicted molar refractivity (Wildman–Crippen MR) is 71.7 cm³/mol. The summed E-state index contributed by atoms with van der Waals surface area (Å²) >= 11 is 4.49. The van der Waals surface area contributed by atoms with Crippen molar-refractivity contribution in [3.63, 3.8) is 0 Å². The zero-order chi connectivity index (χ0) is 12.3. The van der Waals surface area contributed by atoms with Crippen molar-refractivity contribution in [1.29, 1.82) is 0 Å². The normalized spacial score (nSPS) is 19.6. The van der Waals surface area contributed by atoms with Crippen LogP contribution < -0.4 is 5.73 Å². The van der Waals surface area contributed by atoms with Gasteiger partial charge in [0.05, 0.1) is 12.0 Å². The first kappa shape index (κ1) is 13.4. The van der Waals surface area contributed by atoms with Gasteiger partial charge in [-0.05, 0) is 11.8 Å². The average Bonchev–Trinajstić information content (AvgIpc) is 2.59. The van der Waals surface area contributed by atoms with E-state index in [0.717, 1.165) is 17.7 Å². The summed E-state index contributed by atoms with van der Waals surface area (Å²) in [5, 5.41) is 0.0262. The van der Waals surface area contributed by atoms with Crippen LogP contribution in [-0.2, 0) is 4.74 Å². The lowest BCUT2D eigenvalue weighted by molar-refractivity contribution is 0.242. The zero-order valence-corrected chi connectivity index (χ0v) is 11.4. The molecule has 0 aromatic rings. The van der Waals surface area contributed by atoms with Gasteiger partial charge in [0.15, 0.2) is 5.88 Å². The lowest BCUT2D eigenvalue weighted by Gasteiger charge is -2.16. The Morgan fingerprint density at radius 1 is 1.38 bits per heavy atom. The van der Waals surface area contributed by atoms with Crippen molar-refractivity contribution in [2.75, 3.05) is 6.61 Å². The molecule has 1 aliphatic rings. The highest BCUT2D eigenvalue weighted by atomic mass is 32.1. The van der Waals surface area contributed by atoms with Gasteiger partial charge in [0.1, 0.15) is 0 Å². The maximum absolute atomic E-state index is 5.82. The third-order valence-corrected chi connectivity index (χ3v) is 3.34. The van der Waals surface area contributed by atoms with Gasteiger partial charge < -0.3 is 10.5 Å². The molecule has 16 heavy (non-hydrogen) atoms. The number of nitrogens with zero attached hydrogens (tertiary/aromatic N) is 1. The van der Waals surface area contributed by atoms with Crippen LogP contribution in [-0.4, -0.2) is 17.7 Å². The molecule has 0 fully saturated rings. The Hall–Kier alpha value is -0.640. The van der Waals surface area contributed by atoms with Gasteiger partial charge in [-0.25, -0.2) is 0 Å². The smallest absolute Gasteiger partial charge is 0.189 e. The molecule has 0 aromatic carbocycles. The average molecular weight is 242 g/mol. The quantitative estimate of drug-likeness (QED) is 0.588. The minimum absolute atomic E-state index is 0.0262. The van der Waals surface area contributed by atoms with Crippen LogP contribution in [0, 0.1) is 11.8 Å². The third-order valence-electron chi connectivity index (χ3n) is 2.63. The van der Waals surface area contributed by atoms with E-state index in [2.05, 4.69) is 45.3 Å². The molecular formula is C12H22N2OS. The summed E-state index contributed by atoms with van der Waals surface area (Å²) in [6, 6.07) is 0. The SMILES string of the molecule is CC(C)C(=NC(S)C(C)C)C1=C(N)OCC1. The van der Waals surface area contributed by atoms with Gasteiger partial charge in [-0.1, -0.05) is 27.7 Å². The first-order valence-electron chi connectivity index (χ1n) is 5.81. The van der Waals surface area contributed by atoms with Gasteiger partial charge in [-0.15, -0.1) is 0 Å². The Kier molecular flexibility index (Phi) is 4.71. The van der Waals surface area contributed by atoms with Crippen LogP contribution in [0.25, 0.3) is 0 Å². The summed E-state index contributed by atoms with van der Waals surface area (Å²) in [5.74, 6) is 1.31. The second-order valence-electron chi connectivity index (χ2n) is 4.77. The molecule has 1 heterocycles. The minimum atomic E-state index is 0.0262. The summed E-state index contributed by atoms with van der Waals surface area (Å²) in [7, 11) is 0. The van der Waals surface area contributed by atoms with Crippen LogP contribution in [0.4, 0.5) is 0 Å². The molecule has 0 radical (unpaired) electrons. The number of aliphatic imine (C=N–C) groups is 1. The molecule has 2 N–H and O–H groups in total. The molecule has 0 aromatic heterocycles. The molecule has 1 atom stereocenters. The highest BCUT2D eigenvalue weighted by molar-refractivity contribution is 7.80. The van der Waals surface area contributed by atoms with Crippen LogP contribution in [0.15, 0.2) is 16.4 Å². The largest absolute Gasteiger partial charge is 0.479 e. The number of rotatable bonds is 4. The Labute approximate surface area is 104 Å². The van der Waals surface area contributed by atoms with E-state index in [1.807, 2.05) is 0 Å². The highest BCUT2D eigenvalue weighted by Gasteiger charge is 2.22. The van der Waals surface area contributed by atoms with Gasteiger partial charge in [0.2, 0.25) is 0 Å². The first-order chi connectivity index (χ1) is 7.43. The van der Waals surface area contributed by atoms with Crippen molar-refractivity contribution in [2.24, 2.45) is 22.6 Å². The minimum Gasteiger partial charge on any atom is -0.479 e. The van der Waals surface area contributed by atoms with E-state index in [1.165, 1.54) is 0 Å². The summed E-state index contributed by atoms with van der Waals surface area (Å²) in [6.07, 6.45) is 0.863. The molecule has 0 spiro atoms. The maximum atomic E-state index is 5.82. The lowest BCUT2D eigenvalue weighted by atomic mass is 9.98. The Balaban J connectivity index is 2.96. The fourth-order valence-corrected chi connectivity index (χ4v) is 1.72. The van der Waals surface area contributed by atoms with Crippen LogP contribution in [0.3, 0.4) is 0 Å². The van der Waals surface area contributed by atoms with Gasteiger partial charge in [0.25, 0.3) is 0 Å². The predicted octanol–water partition coefficient (Wildman–Crippen LogP) is 2.59. The Bertz CT molecular complexity index is 308. The molecule has 0 bridgehead atoms. The van der Waals surface area contributed by atoms with Crippen LogP contribution in [0.2, 0.25) is 0 Å². The monoisotopic (exact) mass is 242 g/mol. The first-order valence-corrected chi connectivity index (χ1v) is 6.32. The lowest BCUT2D eigenvalue weighted by Crippen LogP contribution is -2.18. The van der Waals surface area contributed by atoms with E-state index in [-0.39, 0.29) is 5.37 Å². The van der Waals surface area contributed by atoms with Crippen molar-refractivity contribution in [3.05, 3.63) is 11.5 Å². The zero-order valence-electron chi connectivity index (χ0n) is 10.5. The summed E-state index contributed by atoms with van der Waals surface area (Å²) < 4.78 is 5.29. The molecule has 0 aliphatic carbocycles. The molecule has 0 saturated carbocycles. The topological polar surface area (TPSA) is 47.6 Å². The van der Waals surface area contributed by atoms with E-state index in [4.69, 9.17) is 10.5 Å². The van der Waals surface area contributed by atoms with Crippen molar-refractivity contribution in [1.82, 2.24) is 0 Å². The molecule has 4 heteroatoms. The number of ether oxygens (including phenoxy) is 1.